The molecule has 1 unspecified atom stereocenters. The van der Waals surface area contributed by atoms with Gasteiger partial charge in [-0.25, -0.2) is 18.1 Å². The van der Waals surface area contributed by atoms with Gasteiger partial charge in [0.05, 0.1) is 11.6 Å². The molecule has 1 atom stereocenters. The van der Waals surface area contributed by atoms with Crippen LogP contribution in [0, 0.1) is 0 Å². The number of hydrogen-bond acceptors (Lipinski definition) is 5. The second-order valence-corrected chi connectivity index (χ2v) is 6.73. The van der Waals surface area contributed by atoms with Gasteiger partial charge < -0.3 is 10.1 Å². The van der Waals surface area contributed by atoms with Gasteiger partial charge in [0.2, 0.25) is 10.0 Å². The quantitative estimate of drug-likeness (QED) is 0.723. The first-order valence-electron chi connectivity index (χ1n) is 6.90. The van der Waals surface area contributed by atoms with Crippen LogP contribution in [0.1, 0.15) is 27.2 Å². The fourth-order valence-corrected chi connectivity index (χ4v) is 3.10. The number of pyridine rings is 1. The summed E-state index contributed by atoms with van der Waals surface area (Å²) >= 11 is 6.05. The molecule has 1 aromatic heterocycles. The van der Waals surface area contributed by atoms with E-state index in [9.17, 15) is 8.42 Å². The van der Waals surface area contributed by atoms with Crippen molar-refractivity contribution < 1.29 is 13.2 Å². The summed E-state index contributed by atoms with van der Waals surface area (Å²) in [5, 5.41) is 3.31. The zero-order chi connectivity index (χ0) is 15.9. The van der Waals surface area contributed by atoms with E-state index in [-0.39, 0.29) is 16.0 Å². The molecule has 1 heterocycles. The number of halogens is 1. The van der Waals surface area contributed by atoms with E-state index in [1.54, 1.807) is 6.92 Å². The Kier molecular flexibility index (Phi) is 7.37. The zero-order valence-electron chi connectivity index (χ0n) is 12.5. The van der Waals surface area contributed by atoms with Crippen molar-refractivity contribution in [3.05, 3.63) is 17.3 Å². The van der Waals surface area contributed by atoms with E-state index >= 15 is 0 Å². The molecule has 1 rings (SSSR count). The first kappa shape index (κ1) is 18.2. The van der Waals surface area contributed by atoms with Crippen molar-refractivity contribution in [2.24, 2.45) is 0 Å². The van der Waals surface area contributed by atoms with Crippen LogP contribution in [0.2, 0.25) is 5.02 Å². The number of aromatic nitrogens is 1. The molecule has 6 nitrogen and oxygen atoms in total. The molecular formula is C13H22ClN3O3S. The van der Waals surface area contributed by atoms with Crippen LogP contribution >= 0.6 is 11.6 Å². The van der Waals surface area contributed by atoms with E-state index in [1.807, 2.05) is 13.8 Å². The molecule has 2 N–H and O–H groups in total. The van der Waals surface area contributed by atoms with E-state index in [4.69, 9.17) is 16.3 Å². The number of nitrogens with zero attached hydrogens (tertiary/aromatic N) is 1. The van der Waals surface area contributed by atoms with Gasteiger partial charge in [-0.05, 0) is 26.3 Å². The van der Waals surface area contributed by atoms with Crippen molar-refractivity contribution in [2.75, 3.05) is 25.1 Å². The van der Waals surface area contributed by atoms with Gasteiger partial charge in [0, 0.05) is 25.4 Å². The lowest BCUT2D eigenvalue weighted by molar-refractivity contribution is 0.133. The minimum Gasteiger partial charge on any atom is -0.380 e. The maximum atomic E-state index is 12.2. The van der Waals surface area contributed by atoms with E-state index in [0.29, 0.717) is 19.0 Å². The molecule has 0 saturated heterocycles. The van der Waals surface area contributed by atoms with Crippen LogP contribution in [-0.4, -0.2) is 39.2 Å². The van der Waals surface area contributed by atoms with Crippen LogP contribution < -0.4 is 10.0 Å². The van der Waals surface area contributed by atoms with Gasteiger partial charge in [-0.2, -0.15) is 0 Å². The van der Waals surface area contributed by atoms with Gasteiger partial charge >= 0.3 is 0 Å². The minimum absolute atomic E-state index is 0.0397. The smallest absolute Gasteiger partial charge is 0.242 e. The van der Waals surface area contributed by atoms with Crippen molar-refractivity contribution in [1.82, 2.24) is 9.71 Å². The molecule has 21 heavy (non-hydrogen) atoms. The van der Waals surface area contributed by atoms with Gasteiger partial charge in [0.1, 0.15) is 10.7 Å². The molecule has 0 fully saturated rings. The molecule has 120 valence electrons. The lowest BCUT2D eigenvalue weighted by Crippen LogP contribution is -2.36. The number of sulfonamides is 1. The largest absolute Gasteiger partial charge is 0.380 e. The number of rotatable bonds is 9. The monoisotopic (exact) mass is 335 g/mol. The highest BCUT2D eigenvalue weighted by atomic mass is 35.5. The first-order chi connectivity index (χ1) is 9.90. The SMILES string of the molecule is CCCNc1ncc(S(=O)(=O)NC(C)COCC)cc1Cl. The normalized spacial score (nSPS) is 13.1. The fourth-order valence-electron chi connectivity index (χ4n) is 1.60. The van der Waals surface area contributed by atoms with E-state index in [0.717, 1.165) is 13.0 Å². The maximum absolute atomic E-state index is 12.2. The highest BCUT2D eigenvalue weighted by molar-refractivity contribution is 7.89. The zero-order valence-corrected chi connectivity index (χ0v) is 14.1. The number of ether oxygens (including phenoxy) is 1. The lowest BCUT2D eigenvalue weighted by atomic mass is 10.4. The van der Waals surface area contributed by atoms with Crippen molar-refractivity contribution in [3.63, 3.8) is 0 Å². The average molecular weight is 336 g/mol. The molecule has 0 bridgehead atoms. The number of nitrogens with one attached hydrogen (secondary N) is 2. The van der Waals surface area contributed by atoms with Gasteiger partial charge in [0.25, 0.3) is 0 Å². The maximum Gasteiger partial charge on any atom is 0.242 e. The molecule has 0 spiro atoms. The van der Waals surface area contributed by atoms with Gasteiger partial charge in [-0.1, -0.05) is 18.5 Å². The summed E-state index contributed by atoms with van der Waals surface area (Å²) in [4.78, 5) is 4.10. The summed E-state index contributed by atoms with van der Waals surface area (Å²) in [7, 11) is -3.65. The fraction of sp³-hybridized carbons (Fsp3) is 0.615. The molecule has 0 saturated carbocycles. The second-order valence-electron chi connectivity index (χ2n) is 4.61. The Hall–Kier alpha value is -0.890. The predicted molar refractivity (Wildman–Crippen MR) is 84.3 cm³/mol. The molecule has 0 aromatic carbocycles. The lowest BCUT2D eigenvalue weighted by Gasteiger charge is -2.14. The Morgan fingerprint density at radius 3 is 2.71 bits per heavy atom. The third kappa shape index (κ3) is 5.78. The van der Waals surface area contributed by atoms with Crippen LogP contribution in [0.15, 0.2) is 17.2 Å². The number of hydrogen-bond donors (Lipinski definition) is 2. The van der Waals surface area contributed by atoms with Crippen molar-refractivity contribution >= 4 is 27.4 Å². The van der Waals surface area contributed by atoms with E-state index in [2.05, 4.69) is 15.0 Å². The molecule has 0 aliphatic carbocycles. The van der Waals surface area contributed by atoms with Crippen LogP contribution in [-0.2, 0) is 14.8 Å². The Morgan fingerprint density at radius 2 is 2.14 bits per heavy atom. The minimum atomic E-state index is -3.65. The van der Waals surface area contributed by atoms with Crippen LogP contribution in [0.5, 0.6) is 0 Å². The molecule has 1 aromatic rings. The standard InChI is InChI=1S/C13H22ClN3O3S/c1-4-6-15-13-12(14)7-11(8-16-13)21(18,19)17-10(3)9-20-5-2/h7-8,10,17H,4-6,9H2,1-3H3,(H,15,16). The van der Waals surface area contributed by atoms with Crippen molar-refractivity contribution in [2.45, 2.75) is 38.1 Å². The molecular weight excluding hydrogens is 314 g/mol. The molecule has 0 aliphatic heterocycles. The first-order valence-corrected chi connectivity index (χ1v) is 8.76. The summed E-state index contributed by atoms with van der Waals surface area (Å²) in [6, 6.07) is 1.06. The Labute approximate surface area is 131 Å². The topological polar surface area (TPSA) is 80.3 Å². The summed E-state index contributed by atoms with van der Waals surface area (Å²) in [5.41, 5.74) is 0. The Balaban J connectivity index is 2.81. The van der Waals surface area contributed by atoms with Gasteiger partial charge in [0.15, 0.2) is 0 Å². The summed E-state index contributed by atoms with van der Waals surface area (Å²) in [6.45, 7) is 7.18. The Morgan fingerprint density at radius 1 is 1.43 bits per heavy atom. The number of anilines is 1. The van der Waals surface area contributed by atoms with Crippen molar-refractivity contribution in [3.8, 4) is 0 Å². The summed E-state index contributed by atoms with van der Waals surface area (Å²) < 4.78 is 32.1. The molecule has 0 amide bonds. The van der Waals surface area contributed by atoms with E-state index < -0.39 is 10.0 Å². The second kappa shape index (κ2) is 8.53. The average Bonchev–Trinajstić information content (AvgIpc) is 2.43. The van der Waals surface area contributed by atoms with Crippen LogP contribution in [0.25, 0.3) is 0 Å². The van der Waals surface area contributed by atoms with Crippen LogP contribution in [0.4, 0.5) is 5.82 Å². The van der Waals surface area contributed by atoms with Gasteiger partial charge in [-0.3, -0.25) is 0 Å². The third-order valence-corrected chi connectivity index (χ3v) is 4.44. The summed E-state index contributed by atoms with van der Waals surface area (Å²) in [5.74, 6) is 0.486. The highest BCUT2D eigenvalue weighted by Crippen LogP contribution is 2.22. The molecule has 8 heteroatoms. The van der Waals surface area contributed by atoms with Crippen LogP contribution in [0.3, 0.4) is 0 Å². The Bertz CT molecular complexity index is 552. The summed E-state index contributed by atoms with van der Waals surface area (Å²) in [6.07, 6.45) is 2.22. The molecule has 0 aliphatic rings. The third-order valence-electron chi connectivity index (χ3n) is 2.60. The van der Waals surface area contributed by atoms with E-state index in [1.165, 1.54) is 12.3 Å². The van der Waals surface area contributed by atoms with Gasteiger partial charge in [-0.15, -0.1) is 0 Å². The highest BCUT2D eigenvalue weighted by Gasteiger charge is 2.19. The predicted octanol–water partition coefficient (Wildman–Crippen LogP) is 2.26. The van der Waals surface area contributed by atoms with Crippen molar-refractivity contribution in [1.29, 1.82) is 0 Å². The molecule has 0 radical (unpaired) electrons.